The maximum atomic E-state index is 12.1. The lowest BCUT2D eigenvalue weighted by Gasteiger charge is -2.10. The molecule has 23 heavy (non-hydrogen) atoms. The largest absolute Gasteiger partial charge is 0.382 e. The third kappa shape index (κ3) is 3.55. The molecule has 1 unspecified atom stereocenters. The third-order valence-corrected chi connectivity index (χ3v) is 4.21. The number of fused-ring (bicyclic) bond motifs is 1. The Hall–Kier alpha value is -2.30. The van der Waals surface area contributed by atoms with Gasteiger partial charge in [0, 0.05) is 31.2 Å². The van der Waals surface area contributed by atoms with E-state index >= 15 is 0 Å². The highest BCUT2D eigenvalue weighted by Gasteiger charge is 2.28. The fourth-order valence-electron chi connectivity index (χ4n) is 2.79. The van der Waals surface area contributed by atoms with Gasteiger partial charge in [-0.25, -0.2) is 0 Å². The van der Waals surface area contributed by atoms with Gasteiger partial charge >= 0.3 is 0 Å². The predicted molar refractivity (Wildman–Crippen MR) is 91.3 cm³/mol. The Bertz CT molecular complexity index is 718. The number of hydrogen-bond donors (Lipinski definition) is 1. The number of aryl methyl sites for hydroxylation is 1. The maximum Gasteiger partial charge on any atom is 0.264 e. The molecule has 1 aromatic heterocycles. The predicted octanol–water partition coefficient (Wildman–Crippen LogP) is 2.95. The van der Waals surface area contributed by atoms with Crippen LogP contribution in [-0.2, 0) is 16.2 Å². The summed E-state index contributed by atoms with van der Waals surface area (Å²) in [4.78, 5) is 17.3. The lowest BCUT2D eigenvalue weighted by atomic mass is 10.0. The van der Waals surface area contributed by atoms with Crippen molar-refractivity contribution >= 4 is 22.5 Å². The molecule has 0 spiro atoms. The molecule has 0 saturated carbocycles. The molecule has 1 N–H and O–H groups in total. The van der Waals surface area contributed by atoms with Crippen molar-refractivity contribution in [1.82, 2.24) is 9.88 Å². The van der Waals surface area contributed by atoms with Crippen molar-refractivity contribution in [2.45, 2.75) is 39.3 Å². The fraction of sp³-hybridized carbons (Fsp3) is 0.444. The highest BCUT2D eigenvalue weighted by atomic mass is 16.6. The summed E-state index contributed by atoms with van der Waals surface area (Å²) in [6, 6.07) is 10.4. The van der Waals surface area contributed by atoms with Crippen LogP contribution >= 0.6 is 0 Å². The quantitative estimate of drug-likeness (QED) is 0.834. The molecular weight excluding hydrogens is 290 g/mol. The number of hydrogen-bond acceptors (Lipinski definition) is 3. The van der Waals surface area contributed by atoms with Crippen molar-refractivity contribution in [1.29, 1.82) is 0 Å². The van der Waals surface area contributed by atoms with E-state index in [2.05, 4.69) is 53.3 Å². The molecule has 0 aliphatic carbocycles. The smallest absolute Gasteiger partial charge is 0.264 e. The van der Waals surface area contributed by atoms with E-state index in [1.165, 1.54) is 10.9 Å². The Morgan fingerprint density at radius 2 is 2.22 bits per heavy atom. The van der Waals surface area contributed by atoms with E-state index in [1.54, 1.807) is 0 Å². The van der Waals surface area contributed by atoms with Gasteiger partial charge in [0.15, 0.2) is 0 Å². The number of benzene rings is 1. The first-order chi connectivity index (χ1) is 11.1. The highest BCUT2D eigenvalue weighted by molar-refractivity contribution is 5.93. The monoisotopic (exact) mass is 313 g/mol. The summed E-state index contributed by atoms with van der Waals surface area (Å²) in [7, 11) is 0. The van der Waals surface area contributed by atoms with E-state index in [4.69, 9.17) is 4.84 Å². The third-order valence-electron chi connectivity index (χ3n) is 4.21. The molecular formula is C18H23N3O2. The zero-order valence-corrected chi connectivity index (χ0v) is 13.7. The van der Waals surface area contributed by atoms with Crippen LogP contribution in [0.25, 0.3) is 10.9 Å². The average molecular weight is 313 g/mol. The Morgan fingerprint density at radius 3 is 3.00 bits per heavy atom. The van der Waals surface area contributed by atoms with Crippen molar-refractivity contribution in [2.24, 2.45) is 11.1 Å². The molecule has 3 rings (SSSR count). The van der Waals surface area contributed by atoms with Crippen molar-refractivity contribution in [3.63, 3.8) is 0 Å². The van der Waals surface area contributed by atoms with Gasteiger partial charge in [-0.2, -0.15) is 0 Å². The number of aromatic nitrogens is 1. The summed E-state index contributed by atoms with van der Waals surface area (Å²) < 4.78 is 2.22. The van der Waals surface area contributed by atoms with Gasteiger partial charge in [-0.3, -0.25) is 4.79 Å². The van der Waals surface area contributed by atoms with Crippen LogP contribution in [0, 0.1) is 5.92 Å². The van der Waals surface area contributed by atoms with E-state index in [9.17, 15) is 4.79 Å². The van der Waals surface area contributed by atoms with Crippen LogP contribution in [0.3, 0.4) is 0 Å². The summed E-state index contributed by atoms with van der Waals surface area (Å²) in [6.07, 6.45) is 3.12. The van der Waals surface area contributed by atoms with Gasteiger partial charge in [-0.15, -0.1) is 0 Å². The summed E-state index contributed by atoms with van der Waals surface area (Å²) in [5.74, 6) is 0.261. The fourth-order valence-corrected chi connectivity index (χ4v) is 2.79. The number of para-hydroxylation sites is 1. The van der Waals surface area contributed by atoms with Crippen molar-refractivity contribution in [3.05, 3.63) is 36.5 Å². The summed E-state index contributed by atoms with van der Waals surface area (Å²) in [6.45, 7) is 5.64. The Morgan fingerprint density at radius 1 is 1.39 bits per heavy atom. The summed E-state index contributed by atoms with van der Waals surface area (Å²) >= 11 is 0. The number of nitrogens with zero attached hydrogens (tertiary/aromatic N) is 2. The average Bonchev–Trinajstić information content (AvgIpc) is 3.19. The number of rotatable bonds is 6. The molecule has 0 radical (unpaired) electrons. The van der Waals surface area contributed by atoms with Crippen LogP contribution in [0.1, 0.15) is 26.7 Å². The molecule has 1 aliphatic heterocycles. The van der Waals surface area contributed by atoms with E-state index in [1.807, 2.05) is 12.1 Å². The molecule has 1 amide bonds. The minimum atomic E-state index is -0.459. The lowest BCUT2D eigenvalue weighted by molar-refractivity contribution is -0.131. The van der Waals surface area contributed by atoms with Crippen LogP contribution in [0.15, 0.2) is 41.7 Å². The van der Waals surface area contributed by atoms with Crippen LogP contribution in [0.4, 0.5) is 0 Å². The maximum absolute atomic E-state index is 12.1. The molecule has 0 bridgehead atoms. The van der Waals surface area contributed by atoms with Gasteiger partial charge in [-0.05, 0) is 29.9 Å². The van der Waals surface area contributed by atoms with Gasteiger partial charge in [0.2, 0.25) is 6.10 Å². The van der Waals surface area contributed by atoms with Gasteiger partial charge < -0.3 is 14.7 Å². The lowest BCUT2D eigenvalue weighted by Crippen LogP contribution is -2.35. The second-order valence-electron chi connectivity index (χ2n) is 6.25. The van der Waals surface area contributed by atoms with Crippen LogP contribution in [-0.4, -0.2) is 28.8 Å². The zero-order valence-electron chi connectivity index (χ0n) is 13.7. The van der Waals surface area contributed by atoms with Gasteiger partial charge in [0.25, 0.3) is 5.91 Å². The van der Waals surface area contributed by atoms with Crippen molar-refractivity contribution in [2.75, 3.05) is 6.54 Å². The van der Waals surface area contributed by atoms with E-state index in [-0.39, 0.29) is 5.91 Å². The van der Waals surface area contributed by atoms with Gasteiger partial charge in [0.1, 0.15) is 0 Å². The van der Waals surface area contributed by atoms with Crippen LogP contribution in [0.2, 0.25) is 0 Å². The Balaban J connectivity index is 1.43. The first kappa shape index (κ1) is 15.6. The Labute approximate surface area is 136 Å². The molecule has 5 nitrogen and oxygen atoms in total. The van der Waals surface area contributed by atoms with E-state index < -0.39 is 6.10 Å². The summed E-state index contributed by atoms with van der Waals surface area (Å²) in [5, 5.41) is 8.18. The first-order valence-electron chi connectivity index (χ1n) is 8.19. The molecule has 1 aromatic carbocycles. The zero-order chi connectivity index (χ0) is 16.2. The summed E-state index contributed by atoms with van der Waals surface area (Å²) in [5.41, 5.74) is 2.19. The van der Waals surface area contributed by atoms with Crippen molar-refractivity contribution in [3.8, 4) is 0 Å². The molecule has 1 atom stereocenters. The highest BCUT2D eigenvalue weighted by Crippen LogP contribution is 2.17. The van der Waals surface area contributed by atoms with Gasteiger partial charge in [-0.1, -0.05) is 37.2 Å². The minimum absolute atomic E-state index is 0.0678. The number of carbonyl (C=O) groups is 1. The van der Waals surface area contributed by atoms with Crippen molar-refractivity contribution < 1.29 is 9.63 Å². The second kappa shape index (κ2) is 6.86. The van der Waals surface area contributed by atoms with E-state index in [0.29, 0.717) is 18.9 Å². The number of nitrogens with one attached hydrogen (secondary N) is 1. The van der Waals surface area contributed by atoms with Gasteiger partial charge in [0.05, 0.1) is 5.71 Å². The standard InChI is InChI=1S/C18H23N3O2/c1-13(2)15-12-17(23-20-15)18(22)19-9-5-10-21-11-8-14-6-3-4-7-16(14)21/h3-4,6-8,11,13,17H,5,9-10,12H2,1-2H3,(H,19,22). The Kier molecular flexibility index (Phi) is 4.65. The van der Waals surface area contributed by atoms with Crippen LogP contribution in [0.5, 0.6) is 0 Å². The van der Waals surface area contributed by atoms with Crippen LogP contribution < -0.4 is 5.32 Å². The first-order valence-corrected chi connectivity index (χ1v) is 8.19. The minimum Gasteiger partial charge on any atom is -0.382 e. The SMILES string of the molecule is CC(C)C1=NOC(C(=O)NCCCn2ccc3ccccc32)C1. The molecule has 2 heterocycles. The molecule has 0 saturated heterocycles. The molecule has 2 aromatic rings. The number of amides is 1. The molecule has 5 heteroatoms. The molecule has 0 fully saturated rings. The number of carbonyl (C=O) groups excluding carboxylic acids is 1. The normalized spacial score (nSPS) is 17.3. The topological polar surface area (TPSA) is 55.6 Å². The number of oxime groups is 1. The van der Waals surface area contributed by atoms with E-state index in [0.717, 1.165) is 18.7 Å². The second-order valence-corrected chi connectivity index (χ2v) is 6.25. The molecule has 122 valence electrons. The molecule has 1 aliphatic rings.